The Balaban J connectivity index is 1.89. The highest BCUT2D eigenvalue weighted by molar-refractivity contribution is 6.31. The van der Waals surface area contributed by atoms with E-state index in [4.69, 9.17) is 12.6 Å². The molecule has 0 aromatic carbocycles. The standard InChI is InChI=1S/C14H20BN3O2/c1-14(2,3)20-13(19)18-6-4-10(5-7-18)12-16-8-11(15)9-17-12/h8-10H,4-7H2,1-3H3. The van der Waals surface area contributed by atoms with Gasteiger partial charge in [-0.1, -0.05) is 5.46 Å². The van der Waals surface area contributed by atoms with Crippen molar-refractivity contribution in [2.45, 2.75) is 45.1 Å². The predicted molar refractivity (Wildman–Crippen MR) is 77.2 cm³/mol. The molecule has 2 heterocycles. The van der Waals surface area contributed by atoms with Crippen molar-refractivity contribution in [2.24, 2.45) is 0 Å². The number of piperidine rings is 1. The lowest BCUT2D eigenvalue weighted by atomic mass is 9.95. The van der Waals surface area contributed by atoms with E-state index in [1.807, 2.05) is 20.8 Å². The third-order valence-electron chi connectivity index (χ3n) is 3.20. The van der Waals surface area contributed by atoms with Crippen molar-refractivity contribution < 1.29 is 9.53 Å². The van der Waals surface area contributed by atoms with Crippen LogP contribution >= 0.6 is 0 Å². The van der Waals surface area contributed by atoms with E-state index < -0.39 is 5.60 Å². The van der Waals surface area contributed by atoms with Crippen LogP contribution in [0.1, 0.15) is 45.4 Å². The number of aromatic nitrogens is 2. The quantitative estimate of drug-likeness (QED) is 0.725. The predicted octanol–water partition coefficient (Wildman–Crippen LogP) is 1.38. The van der Waals surface area contributed by atoms with Crippen molar-refractivity contribution in [3.05, 3.63) is 18.2 Å². The first-order valence-corrected chi connectivity index (χ1v) is 6.90. The molecule has 0 spiro atoms. The maximum Gasteiger partial charge on any atom is 0.410 e. The van der Waals surface area contributed by atoms with E-state index in [2.05, 4.69) is 9.97 Å². The highest BCUT2D eigenvalue weighted by atomic mass is 16.6. The highest BCUT2D eigenvalue weighted by Crippen LogP contribution is 2.25. The topological polar surface area (TPSA) is 55.3 Å². The van der Waals surface area contributed by atoms with Gasteiger partial charge in [-0.25, -0.2) is 14.8 Å². The van der Waals surface area contributed by atoms with Crippen LogP contribution in [0.15, 0.2) is 12.4 Å². The van der Waals surface area contributed by atoms with Gasteiger partial charge in [0.05, 0.1) is 0 Å². The maximum atomic E-state index is 12.0. The molecular formula is C14H20BN3O2. The monoisotopic (exact) mass is 273 g/mol. The van der Waals surface area contributed by atoms with Crippen LogP contribution in [-0.4, -0.2) is 47.5 Å². The molecule has 0 unspecified atom stereocenters. The van der Waals surface area contributed by atoms with Gasteiger partial charge in [0.15, 0.2) is 0 Å². The number of likely N-dealkylation sites (tertiary alicyclic amines) is 1. The number of ether oxygens (including phenoxy) is 1. The zero-order valence-electron chi connectivity index (χ0n) is 12.3. The summed E-state index contributed by atoms with van der Waals surface area (Å²) in [6.45, 7) is 6.97. The first-order valence-electron chi connectivity index (χ1n) is 6.90. The Morgan fingerprint density at radius 3 is 2.35 bits per heavy atom. The molecule has 1 aromatic heterocycles. The zero-order valence-corrected chi connectivity index (χ0v) is 12.3. The Hall–Kier alpha value is -1.59. The van der Waals surface area contributed by atoms with Gasteiger partial charge in [-0.15, -0.1) is 0 Å². The Morgan fingerprint density at radius 1 is 1.30 bits per heavy atom. The molecule has 6 heteroatoms. The minimum atomic E-state index is -0.450. The third-order valence-corrected chi connectivity index (χ3v) is 3.20. The Kier molecular flexibility index (Phi) is 4.31. The van der Waals surface area contributed by atoms with Crippen LogP contribution in [0.2, 0.25) is 0 Å². The molecule has 0 aliphatic carbocycles. The second kappa shape index (κ2) is 5.81. The average molecular weight is 273 g/mol. The fourth-order valence-electron chi connectivity index (χ4n) is 2.21. The first kappa shape index (κ1) is 14.8. The van der Waals surface area contributed by atoms with Crippen LogP contribution < -0.4 is 5.46 Å². The highest BCUT2D eigenvalue weighted by Gasteiger charge is 2.28. The van der Waals surface area contributed by atoms with Gasteiger partial charge in [-0.05, 0) is 33.6 Å². The van der Waals surface area contributed by atoms with E-state index in [1.165, 1.54) is 0 Å². The SMILES string of the molecule is [B]c1cnc(C2CCN(C(=O)OC(C)(C)C)CC2)nc1. The number of hydrogen-bond acceptors (Lipinski definition) is 4. The van der Waals surface area contributed by atoms with Crippen molar-refractivity contribution >= 4 is 19.4 Å². The molecule has 1 saturated heterocycles. The molecule has 0 atom stereocenters. The van der Waals surface area contributed by atoms with Gasteiger partial charge < -0.3 is 9.64 Å². The minimum Gasteiger partial charge on any atom is -0.444 e. The molecule has 0 saturated carbocycles. The Labute approximate surface area is 121 Å². The summed E-state index contributed by atoms with van der Waals surface area (Å²) in [6, 6.07) is 0. The molecule has 1 aliphatic rings. The van der Waals surface area contributed by atoms with Crippen LogP contribution in [0.3, 0.4) is 0 Å². The lowest BCUT2D eigenvalue weighted by molar-refractivity contribution is 0.0203. The normalized spacial score (nSPS) is 17.1. The van der Waals surface area contributed by atoms with E-state index in [-0.39, 0.29) is 12.0 Å². The van der Waals surface area contributed by atoms with Crippen molar-refractivity contribution in [1.82, 2.24) is 14.9 Å². The van der Waals surface area contributed by atoms with Crippen LogP contribution in [0, 0.1) is 0 Å². The van der Waals surface area contributed by atoms with Gasteiger partial charge in [0.2, 0.25) is 0 Å². The largest absolute Gasteiger partial charge is 0.444 e. The molecule has 1 amide bonds. The van der Waals surface area contributed by atoms with Gasteiger partial charge >= 0.3 is 6.09 Å². The van der Waals surface area contributed by atoms with Gasteiger partial charge in [0.1, 0.15) is 19.3 Å². The molecule has 0 N–H and O–H groups in total. The molecule has 1 aromatic rings. The fourth-order valence-corrected chi connectivity index (χ4v) is 2.21. The van der Waals surface area contributed by atoms with Crippen LogP contribution in [0.25, 0.3) is 0 Å². The molecule has 1 aliphatic heterocycles. The summed E-state index contributed by atoms with van der Waals surface area (Å²) in [6.07, 6.45) is 4.71. The number of carbonyl (C=O) groups is 1. The molecule has 106 valence electrons. The number of hydrogen-bond donors (Lipinski definition) is 0. The van der Waals surface area contributed by atoms with E-state index >= 15 is 0 Å². The summed E-state index contributed by atoms with van der Waals surface area (Å²) in [7, 11) is 5.58. The number of rotatable bonds is 1. The Bertz CT molecular complexity index is 462. The van der Waals surface area contributed by atoms with Gasteiger partial charge in [0, 0.05) is 31.4 Å². The smallest absolute Gasteiger partial charge is 0.410 e. The summed E-state index contributed by atoms with van der Waals surface area (Å²) in [5.74, 6) is 1.09. The van der Waals surface area contributed by atoms with E-state index in [1.54, 1.807) is 17.3 Å². The number of amides is 1. The van der Waals surface area contributed by atoms with Crippen LogP contribution in [-0.2, 0) is 4.74 Å². The lowest BCUT2D eigenvalue weighted by Gasteiger charge is -2.32. The molecular weight excluding hydrogens is 253 g/mol. The van der Waals surface area contributed by atoms with E-state index in [9.17, 15) is 4.79 Å². The maximum absolute atomic E-state index is 12.0. The van der Waals surface area contributed by atoms with Gasteiger partial charge in [-0.3, -0.25) is 0 Å². The lowest BCUT2D eigenvalue weighted by Crippen LogP contribution is -2.41. The van der Waals surface area contributed by atoms with Crippen molar-refractivity contribution in [3.8, 4) is 0 Å². The average Bonchev–Trinajstić information content (AvgIpc) is 2.38. The molecule has 5 nitrogen and oxygen atoms in total. The minimum absolute atomic E-state index is 0.242. The molecule has 1 fully saturated rings. The summed E-state index contributed by atoms with van der Waals surface area (Å²) in [5.41, 5.74) is 0.119. The van der Waals surface area contributed by atoms with Crippen LogP contribution in [0.5, 0.6) is 0 Å². The summed E-state index contributed by atoms with van der Waals surface area (Å²) in [5, 5.41) is 0. The summed E-state index contributed by atoms with van der Waals surface area (Å²) >= 11 is 0. The van der Waals surface area contributed by atoms with E-state index in [0.717, 1.165) is 18.7 Å². The second-order valence-electron chi connectivity index (χ2n) is 6.12. The zero-order chi connectivity index (χ0) is 14.8. The summed E-state index contributed by atoms with van der Waals surface area (Å²) < 4.78 is 5.37. The number of carbonyl (C=O) groups excluding carboxylic acids is 1. The van der Waals surface area contributed by atoms with Gasteiger partial charge in [0.25, 0.3) is 0 Å². The molecule has 20 heavy (non-hydrogen) atoms. The fraction of sp³-hybridized carbons (Fsp3) is 0.643. The van der Waals surface area contributed by atoms with Crippen molar-refractivity contribution in [3.63, 3.8) is 0 Å². The summed E-state index contributed by atoms with van der Waals surface area (Å²) in [4.78, 5) is 22.2. The Morgan fingerprint density at radius 2 is 1.85 bits per heavy atom. The first-order chi connectivity index (χ1) is 9.35. The second-order valence-corrected chi connectivity index (χ2v) is 6.12. The molecule has 0 bridgehead atoms. The van der Waals surface area contributed by atoms with Crippen LogP contribution in [0.4, 0.5) is 4.79 Å². The van der Waals surface area contributed by atoms with Crippen molar-refractivity contribution in [1.29, 1.82) is 0 Å². The van der Waals surface area contributed by atoms with Gasteiger partial charge in [-0.2, -0.15) is 0 Å². The third kappa shape index (κ3) is 3.95. The molecule has 2 radical (unpaired) electrons. The van der Waals surface area contributed by atoms with Crippen molar-refractivity contribution in [2.75, 3.05) is 13.1 Å². The molecule has 2 rings (SSSR count). The van der Waals surface area contributed by atoms with E-state index in [0.29, 0.717) is 18.6 Å². The number of nitrogens with zero attached hydrogens (tertiary/aromatic N) is 3.